The van der Waals surface area contributed by atoms with E-state index in [1.54, 1.807) is 25.4 Å². The number of urea groups is 1. The van der Waals surface area contributed by atoms with Crippen LogP contribution in [0.2, 0.25) is 0 Å². The van der Waals surface area contributed by atoms with Gasteiger partial charge in [0.1, 0.15) is 12.4 Å². The molecule has 0 aliphatic rings. The number of hydrogen-bond acceptors (Lipinski definition) is 4. The summed E-state index contributed by atoms with van der Waals surface area (Å²) in [5.74, 6) is 1.67. The SMILES string of the molecule is COc1ccc(CNC(=O)Nc2ncccc2OCc2ccccc2)cc1. The quantitative estimate of drug-likeness (QED) is 0.666. The van der Waals surface area contributed by atoms with Crippen LogP contribution in [0.5, 0.6) is 11.5 Å². The van der Waals surface area contributed by atoms with Gasteiger partial charge in [0, 0.05) is 12.7 Å². The molecule has 3 rings (SSSR count). The molecule has 2 amide bonds. The van der Waals surface area contributed by atoms with Crippen LogP contribution in [0.15, 0.2) is 72.9 Å². The molecule has 0 fully saturated rings. The Kier molecular flexibility index (Phi) is 6.25. The Morgan fingerprint density at radius 1 is 0.963 bits per heavy atom. The minimum absolute atomic E-state index is 0.353. The molecule has 1 heterocycles. The fraction of sp³-hybridized carbons (Fsp3) is 0.143. The van der Waals surface area contributed by atoms with Crippen molar-refractivity contribution < 1.29 is 14.3 Å². The Bertz CT molecular complexity index is 867. The number of pyridine rings is 1. The molecule has 0 aliphatic heterocycles. The first-order valence-electron chi connectivity index (χ1n) is 8.54. The third kappa shape index (κ3) is 5.47. The number of nitrogens with zero attached hydrogens (tertiary/aromatic N) is 1. The van der Waals surface area contributed by atoms with E-state index in [9.17, 15) is 4.79 Å². The third-order valence-electron chi connectivity index (χ3n) is 3.85. The molecule has 0 radical (unpaired) electrons. The summed E-state index contributed by atoms with van der Waals surface area (Å²) in [7, 11) is 1.62. The molecule has 1 aromatic heterocycles. The van der Waals surface area contributed by atoms with Gasteiger partial charge in [0.2, 0.25) is 0 Å². The summed E-state index contributed by atoms with van der Waals surface area (Å²) in [6.45, 7) is 0.789. The molecule has 0 atom stereocenters. The van der Waals surface area contributed by atoms with Gasteiger partial charge in [0.15, 0.2) is 11.6 Å². The first-order valence-corrected chi connectivity index (χ1v) is 8.54. The highest BCUT2D eigenvalue weighted by Crippen LogP contribution is 2.22. The average molecular weight is 363 g/mol. The van der Waals surface area contributed by atoms with Gasteiger partial charge < -0.3 is 14.8 Å². The molecule has 3 aromatic rings. The molecule has 2 N–H and O–H groups in total. The van der Waals surface area contributed by atoms with E-state index in [1.165, 1.54) is 0 Å². The molecule has 2 aromatic carbocycles. The number of hydrogen-bond donors (Lipinski definition) is 2. The number of nitrogens with one attached hydrogen (secondary N) is 2. The molecule has 0 bridgehead atoms. The highest BCUT2D eigenvalue weighted by atomic mass is 16.5. The Morgan fingerprint density at radius 2 is 1.74 bits per heavy atom. The van der Waals surface area contributed by atoms with Gasteiger partial charge in [0.05, 0.1) is 7.11 Å². The lowest BCUT2D eigenvalue weighted by Crippen LogP contribution is -2.28. The molecule has 138 valence electrons. The summed E-state index contributed by atoms with van der Waals surface area (Å²) in [5, 5.41) is 5.53. The lowest BCUT2D eigenvalue weighted by atomic mass is 10.2. The van der Waals surface area contributed by atoms with E-state index < -0.39 is 0 Å². The van der Waals surface area contributed by atoms with E-state index in [4.69, 9.17) is 9.47 Å². The predicted molar refractivity (Wildman–Crippen MR) is 104 cm³/mol. The minimum atomic E-state index is -0.353. The molecule has 0 saturated heterocycles. The van der Waals surface area contributed by atoms with Crippen LogP contribution in [0.4, 0.5) is 10.6 Å². The maximum absolute atomic E-state index is 12.2. The lowest BCUT2D eigenvalue weighted by Gasteiger charge is -2.12. The van der Waals surface area contributed by atoms with Gasteiger partial charge in [-0.3, -0.25) is 5.32 Å². The van der Waals surface area contributed by atoms with E-state index in [-0.39, 0.29) is 6.03 Å². The molecule has 0 aliphatic carbocycles. The standard InChI is InChI=1S/C21H21N3O3/c1-26-18-11-9-16(10-12-18)14-23-21(25)24-20-19(8-5-13-22-20)27-15-17-6-3-2-4-7-17/h2-13H,14-15H2,1H3,(H2,22,23,24,25). The lowest BCUT2D eigenvalue weighted by molar-refractivity contribution is 0.251. The third-order valence-corrected chi connectivity index (χ3v) is 3.85. The van der Waals surface area contributed by atoms with Crippen molar-refractivity contribution in [2.75, 3.05) is 12.4 Å². The van der Waals surface area contributed by atoms with Crippen LogP contribution in [0.3, 0.4) is 0 Å². The number of methoxy groups -OCH3 is 1. The van der Waals surface area contributed by atoms with Crippen LogP contribution in [-0.4, -0.2) is 18.1 Å². The van der Waals surface area contributed by atoms with Crippen molar-refractivity contribution in [3.63, 3.8) is 0 Å². The number of anilines is 1. The van der Waals surface area contributed by atoms with Crippen LogP contribution < -0.4 is 20.1 Å². The highest BCUT2D eigenvalue weighted by Gasteiger charge is 2.09. The molecular weight excluding hydrogens is 342 g/mol. The largest absolute Gasteiger partial charge is 0.497 e. The monoisotopic (exact) mass is 363 g/mol. The Balaban J connectivity index is 1.55. The topological polar surface area (TPSA) is 72.5 Å². The first-order chi connectivity index (χ1) is 13.2. The van der Waals surface area contributed by atoms with Gasteiger partial charge in [0.25, 0.3) is 0 Å². The molecular formula is C21H21N3O3. The van der Waals surface area contributed by atoms with Crippen molar-refractivity contribution in [3.05, 3.63) is 84.1 Å². The highest BCUT2D eigenvalue weighted by molar-refractivity contribution is 5.89. The predicted octanol–water partition coefficient (Wildman–Crippen LogP) is 3.99. The van der Waals surface area contributed by atoms with Gasteiger partial charge in [-0.05, 0) is 35.4 Å². The van der Waals surface area contributed by atoms with E-state index in [0.717, 1.165) is 16.9 Å². The van der Waals surface area contributed by atoms with Crippen molar-refractivity contribution in [3.8, 4) is 11.5 Å². The Hall–Kier alpha value is -3.54. The molecule has 0 spiro atoms. The summed E-state index contributed by atoms with van der Waals surface area (Å²) in [6.07, 6.45) is 1.61. The summed E-state index contributed by atoms with van der Waals surface area (Å²) in [6, 6.07) is 20.5. The average Bonchev–Trinajstić information content (AvgIpc) is 2.73. The fourth-order valence-electron chi connectivity index (χ4n) is 2.41. The maximum atomic E-state index is 12.2. The summed E-state index contributed by atoms with van der Waals surface area (Å²) < 4.78 is 10.9. The zero-order valence-electron chi connectivity index (χ0n) is 15.0. The normalized spacial score (nSPS) is 10.1. The van der Waals surface area contributed by atoms with Crippen molar-refractivity contribution >= 4 is 11.8 Å². The first kappa shape index (κ1) is 18.3. The molecule has 6 nitrogen and oxygen atoms in total. The number of rotatable bonds is 7. The smallest absolute Gasteiger partial charge is 0.320 e. The Labute approximate surface area is 158 Å². The number of ether oxygens (including phenoxy) is 2. The van der Waals surface area contributed by atoms with Crippen molar-refractivity contribution in [2.24, 2.45) is 0 Å². The molecule has 0 unspecified atom stereocenters. The van der Waals surface area contributed by atoms with Crippen LogP contribution in [0, 0.1) is 0 Å². The number of benzene rings is 2. The van der Waals surface area contributed by atoms with Crippen LogP contribution >= 0.6 is 0 Å². The van der Waals surface area contributed by atoms with Crippen molar-refractivity contribution in [1.29, 1.82) is 0 Å². The maximum Gasteiger partial charge on any atom is 0.320 e. The van der Waals surface area contributed by atoms with Gasteiger partial charge in [-0.25, -0.2) is 9.78 Å². The zero-order valence-corrected chi connectivity index (χ0v) is 15.0. The minimum Gasteiger partial charge on any atom is -0.497 e. The van der Waals surface area contributed by atoms with E-state index >= 15 is 0 Å². The summed E-state index contributed by atoms with van der Waals surface area (Å²) >= 11 is 0. The van der Waals surface area contributed by atoms with Gasteiger partial charge in [-0.15, -0.1) is 0 Å². The molecule has 6 heteroatoms. The van der Waals surface area contributed by atoms with E-state index in [1.807, 2.05) is 54.6 Å². The van der Waals surface area contributed by atoms with E-state index in [2.05, 4.69) is 15.6 Å². The van der Waals surface area contributed by atoms with Crippen molar-refractivity contribution in [1.82, 2.24) is 10.3 Å². The molecule has 27 heavy (non-hydrogen) atoms. The molecule has 0 saturated carbocycles. The zero-order chi connectivity index (χ0) is 18.9. The fourth-order valence-corrected chi connectivity index (χ4v) is 2.41. The second-order valence-corrected chi connectivity index (χ2v) is 5.78. The Morgan fingerprint density at radius 3 is 2.48 bits per heavy atom. The van der Waals surface area contributed by atoms with Crippen LogP contribution in [0.25, 0.3) is 0 Å². The second kappa shape index (κ2) is 9.24. The van der Waals surface area contributed by atoms with Gasteiger partial charge in [-0.1, -0.05) is 42.5 Å². The van der Waals surface area contributed by atoms with Crippen LogP contribution in [-0.2, 0) is 13.2 Å². The van der Waals surface area contributed by atoms with E-state index in [0.29, 0.717) is 24.7 Å². The number of aromatic nitrogens is 1. The van der Waals surface area contributed by atoms with Crippen molar-refractivity contribution in [2.45, 2.75) is 13.2 Å². The second-order valence-electron chi connectivity index (χ2n) is 5.78. The number of carbonyl (C=O) groups is 1. The number of amides is 2. The van der Waals surface area contributed by atoms with Crippen LogP contribution in [0.1, 0.15) is 11.1 Å². The number of carbonyl (C=O) groups excluding carboxylic acids is 1. The van der Waals surface area contributed by atoms with Gasteiger partial charge in [-0.2, -0.15) is 0 Å². The van der Waals surface area contributed by atoms with Gasteiger partial charge >= 0.3 is 6.03 Å². The summed E-state index contributed by atoms with van der Waals surface area (Å²) in [5.41, 5.74) is 2.00. The summed E-state index contributed by atoms with van der Waals surface area (Å²) in [4.78, 5) is 16.4.